The van der Waals surface area contributed by atoms with Crippen LogP contribution in [0.25, 0.3) is 11.1 Å². The van der Waals surface area contributed by atoms with Crippen LogP contribution in [0.15, 0.2) is 53.3 Å². The molecule has 1 aliphatic carbocycles. The summed E-state index contributed by atoms with van der Waals surface area (Å²) in [5, 5.41) is 9.49. The van der Waals surface area contributed by atoms with Crippen LogP contribution in [-0.4, -0.2) is 26.1 Å². The molecular weight excluding hydrogens is 428 g/mol. The van der Waals surface area contributed by atoms with Crippen molar-refractivity contribution < 1.29 is 14.7 Å². The number of hydrogen-bond donors (Lipinski definition) is 1. The van der Waals surface area contributed by atoms with Crippen LogP contribution in [0.3, 0.4) is 0 Å². The van der Waals surface area contributed by atoms with E-state index in [2.05, 4.69) is 6.92 Å². The SMILES string of the molecule is CCCc1c(C)n(C(=O)C2CCCCC2)c(=O)n1Cc1ccc(-c2ccccc2C(=O)O)cc1. The van der Waals surface area contributed by atoms with E-state index in [1.165, 1.54) is 4.57 Å². The van der Waals surface area contributed by atoms with E-state index in [0.717, 1.165) is 67.5 Å². The highest BCUT2D eigenvalue weighted by molar-refractivity contribution is 5.96. The molecule has 3 aromatic rings. The van der Waals surface area contributed by atoms with E-state index < -0.39 is 5.97 Å². The molecule has 0 amide bonds. The van der Waals surface area contributed by atoms with E-state index in [0.29, 0.717) is 12.1 Å². The Kier molecular flexibility index (Phi) is 7.15. The van der Waals surface area contributed by atoms with Gasteiger partial charge < -0.3 is 5.11 Å². The summed E-state index contributed by atoms with van der Waals surface area (Å²) in [6, 6.07) is 14.5. The first kappa shape index (κ1) is 23.7. The maximum atomic E-state index is 13.4. The zero-order valence-corrected chi connectivity index (χ0v) is 19.9. The van der Waals surface area contributed by atoms with Gasteiger partial charge in [0, 0.05) is 17.3 Å². The smallest absolute Gasteiger partial charge is 0.336 e. The van der Waals surface area contributed by atoms with E-state index in [1.54, 1.807) is 22.8 Å². The van der Waals surface area contributed by atoms with Gasteiger partial charge in [0.1, 0.15) is 0 Å². The molecule has 1 saturated carbocycles. The number of carbonyl (C=O) groups excluding carboxylic acids is 1. The van der Waals surface area contributed by atoms with Gasteiger partial charge in [-0.3, -0.25) is 9.36 Å². The van der Waals surface area contributed by atoms with E-state index in [9.17, 15) is 19.5 Å². The molecule has 1 aliphatic rings. The van der Waals surface area contributed by atoms with Crippen molar-refractivity contribution in [1.82, 2.24) is 9.13 Å². The second-order valence-corrected chi connectivity index (χ2v) is 9.21. The Bertz CT molecular complexity index is 1240. The van der Waals surface area contributed by atoms with Gasteiger partial charge in [0.05, 0.1) is 12.1 Å². The molecule has 1 N–H and O–H groups in total. The lowest BCUT2D eigenvalue weighted by molar-refractivity contribution is 0.0697. The summed E-state index contributed by atoms with van der Waals surface area (Å²) < 4.78 is 3.15. The zero-order chi connectivity index (χ0) is 24.2. The lowest BCUT2D eigenvalue weighted by Crippen LogP contribution is -2.34. The summed E-state index contributed by atoms with van der Waals surface area (Å²) in [5.41, 5.74) is 4.07. The third-order valence-electron chi connectivity index (χ3n) is 6.93. The van der Waals surface area contributed by atoms with Gasteiger partial charge in [0.25, 0.3) is 0 Å². The minimum absolute atomic E-state index is 0.0565. The van der Waals surface area contributed by atoms with Crippen LogP contribution >= 0.6 is 0 Å². The first-order chi connectivity index (χ1) is 16.4. The maximum absolute atomic E-state index is 13.4. The van der Waals surface area contributed by atoms with Crippen molar-refractivity contribution in [2.45, 2.75) is 65.3 Å². The maximum Gasteiger partial charge on any atom is 0.336 e. The summed E-state index contributed by atoms with van der Waals surface area (Å²) in [6.07, 6.45) is 6.58. The Hall–Kier alpha value is -3.41. The summed E-state index contributed by atoms with van der Waals surface area (Å²) in [4.78, 5) is 38.3. The molecule has 0 unspecified atom stereocenters. The van der Waals surface area contributed by atoms with Crippen LogP contribution in [0.1, 0.15) is 77.6 Å². The fourth-order valence-electron chi connectivity index (χ4n) is 5.11. The van der Waals surface area contributed by atoms with Gasteiger partial charge in [-0.1, -0.05) is 75.1 Å². The normalized spacial score (nSPS) is 14.3. The summed E-state index contributed by atoms with van der Waals surface area (Å²) >= 11 is 0. The van der Waals surface area contributed by atoms with Gasteiger partial charge in [-0.25, -0.2) is 14.2 Å². The average molecular weight is 461 g/mol. The predicted octanol–water partition coefficient (Wildman–Crippen LogP) is 5.54. The van der Waals surface area contributed by atoms with Crippen molar-refractivity contribution in [2.75, 3.05) is 0 Å². The molecule has 0 saturated heterocycles. The van der Waals surface area contributed by atoms with Crippen LogP contribution < -0.4 is 5.69 Å². The van der Waals surface area contributed by atoms with Gasteiger partial charge in [-0.05, 0) is 48.9 Å². The van der Waals surface area contributed by atoms with Gasteiger partial charge in [-0.2, -0.15) is 0 Å². The first-order valence-corrected chi connectivity index (χ1v) is 12.2. The van der Waals surface area contributed by atoms with E-state index in [1.807, 2.05) is 37.3 Å². The Morgan fingerprint density at radius 1 is 1.00 bits per heavy atom. The monoisotopic (exact) mass is 460 g/mol. The van der Waals surface area contributed by atoms with Crippen molar-refractivity contribution in [2.24, 2.45) is 5.92 Å². The van der Waals surface area contributed by atoms with Crippen LogP contribution in [0, 0.1) is 12.8 Å². The summed E-state index contributed by atoms with van der Waals surface area (Å²) in [7, 11) is 0. The number of benzene rings is 2. The molecule has 2 aromatic carbocycles. The molecule has 0 aliphatic heterocycles. The van der Waals surface area contributed by atoms with Crippen molar-refractivity contribution in [3.63, 3.8) is 0 Å². The Balaban J connectivity index is 1.65. The molecule has 1 fully saturated rings. The second kappa shape index (κ2) is 10.2. The standard InChI is InChI=1S/C28H32N2O4/c1-3-9-25-19(2)30(26(31)22-10-5-4-6-11-22)28(34)29(25)18-20-14-16-21(17-15-20)23-12-7-8-13-24(23)27(32)33/h7-8,12-17,22H,3-6,9-11,18H2,1-2H3,(H,32,33). The number of carbonyl (C=O) groups is 2. The van der Waals surface area contributed by atoms with Gasteiger partial charge in [0.2, 0.25) is 5.91 Å². The van der Waals surface area contributed by atoms with E-state index in [4.69, 9.17) is 0 Å². The highest BCUT2D eigenvalue weighted by Gasteiger charge is 2.28. The zero-order valence-electron chi connectivity index (χ0n) is 19.9. The molecular formula is C28H32N2O4. The van der Waals surface area contributed by atoms with E-state index in [-0.39, 0.29) is 23.1 Å². The highest BCUT2D eigenvalue weighted by atomic mass is 16.4. The molecule has 0 radical (unpaired) electrons. The largest absolute Gasteiger partial charge is 0.478 e. The Morgan fingerprint density at radius 3 is 2.32 bits per heavy atom. The fourth-order valence-corrected chi connectivity index (χ4v) is 5.11. The number of rotatable bonds is 7. The molecule has 0 bridgehead atoms. The first-order valence-electron chi connectivity index (χ1n) is 12.2. The van der Waals surface area contributed by atoms with Crippen LogP contribution in [0.5, 0.6) is 0 Å². The predicted molar refractivity (Wildman–Crippen MR) is 133 cm³/mol. The number of hydrogen-bond acceptors (Lipinski definition) is 3. The number of aromatic carboxylic acids is 1. The van der Waals surface area contributed by atoms with Crippen molar-refractivity contribution in [3.8, 4) is 11.1 Å². The molecule has 4 rings (SSSR count). The lowest BCUT2D eigenvalue weighted by Gasteiger charge is -2.20. The van der Waals surface area contributed by atoms with Crippen molar-refractivity contribution in [1.29, 1.82) is 0 Å². The number of carboxylic acid groups (broad SMARTS) is 1. The number of aromatic nitrogens is 2. The minimum Gasteiger partial charge on any atom is -0.478 e. The number of nitrogens with zero attached hydrogens (tertiary/aromatic N) is 2. The van der Waals surface area contributed by atoms with Crippen LogP contribution in [0.2, 0.25) is 0 Å². The molecule has 0 atom stereocenters. The summed E-state index contributed by atoms with van der Waals surface area (Å²) in [5.74, 6) is -1.09. The molecule has 178 valence electrons. The third kappa shape index (κ3) is 4.63. The summed E-state index contributed by atoms with van der Waals surface area (Å²) in [6.45, 7) is 4.33. The number of imidazole rings is 1. The van der Waals surface area contributed by atoms with Gasteiger partial charge in [-0.15, -0.1) is 0 Å². The average Bonchev–Trinajstić information content (AvgIpc) is 3.08. The Labute approximate surface area is 199 Å². The third-order valence-corrected chi connectivity index (χ3v) is 6.93. The van der Waals surface area contributed by atoms with E-state index >= 15 is 0 Å². The highest BCUT2D eigenvalue weighted by Crippen LogP contribution is 2.27. The molecule has 1 heterocycles. The van der Waals surface area contributed by atoms with Crippen LogP contribution in [-0.2, 0) is 13.0 Å². The second-order valence-electron chi connectivity index (χ2n) is 9.21. The van der Waals surface area contributed by atoms with Gasteiger partial charge >= 0.3 is 11.7 Å². The fraction of sp³-hybridized carbons (Fsp3) is 0.393. The molecule has 1 aromatic heterocycles. The van der Waals surface area contributed by atoms with Gasteiger partial charge in [0.15, 0.2) is 0 Å². The molecule has 6 nitrogen and oxygen atoms in total. The minimum atomic E-state index is -0.963. The molecule has 34 heavy (non-hydrogen) atoms. The molecule has 6 heteroatoms. The molecule has 0 spiro atoms. The topological polar surface area (TPSA) is 81.3 Å². The lowest BCUT2D eigenvalue weighted by atomic mass is 9.88. The van der Waals surface area contributed by atoms with Crippen molar-refractivity contribution >= 4 is 11.9 Å². The van der Waals surface area contributed by atoms with Crippen molar-refractivity contribution in [3.05, 3.63) is 81.5 Å². The quantitative estimate of drug-likeness (QED) is 0.502. The Morgan fingerprint density at radius 2 is 1.68 bits per heavy atom. The van der Waals surface area contributed by atoms with Crippen LogP contribution in [0.4, 0.5) is 0 Å². The number of carboxylic acids is 1.